The lowest BCUT2D eigenvalue weighted by molar-refractivity contribution is -0.192. The Labute approximate surface area is 600 Å². The maximum absolute atomic E-state index is 15.0. The van der Waals surface area contributed by atoms with Gasteiger partial charge in [0.25, 0.3) is 0 Å². The number of nitrogens with zero attached hydrogens (tertiary/aromatic N) is 5. The molecule has 11 amide bonds. The van der Waals surface area contributed by atoms with Gasteiger partial charge < -0.3 is 107 Å². The van der Waals surface area contributed by atoms with Gasteiger partial charge in [0.1, 0.15) is 60.4 Å². The molecule has 0 bridgehead atoms. The zero-order valence-electron chi connectivity index (χ0n) is 57.3. The fourth-order valence-corrected chi connectivity index (χ4v) is 14.8. The molecular formula is C64H98F3N21O13S2. The largest absolute Gasteiger partial charge is 0.490 e. The second-order valence-corrected chi connectivity index (χ2v) is 28.1. The molecule has 0 aliphatic carbocycles. The van der Waals surface area contributed by atoms with Crippen LogP contribution in [0.25, 0.3) is 10.9 Å². The molecule has 4 aliphatic rings. The van der Waals surface area contributed by atoms with Crippen LogP contribution in [-0.2, 0) is 70.4 Å². The summed E-state index contributed by atoms with van der Waals surface area (Å²) in [7, 11) is 2.01. The Balaban J connectivity index is 0.00000226. The molecule has 4 fully saturated rings. The van der Waals surface area contributed by atoms with Gasteiger partial charge in [-0.2, -0.15) is 13.2 Å². The number of aromatic amines is 2. The minimum atomic E-state index is -5.08. The lowest BCUT2D eigenvalue weighted by Crippen LogP contribution is -2.60. The first kappa shape index (κ1) is 83.2. The molecule has 11 atom stereocenters. The number of imidazole rings is 1. The minimum Gasteiger partial charge on any atom is -0.475 e. The van der Waals surface area contributed by atoms with Crippen LogP contribution in [0.3, 0.4) is 0 Å². The molecule has 3 aromatic rings. The summed E-state index contributed by atoms with van der Waals surface area (Å²) in [6.45, 7) is 1.26. The number of carboxylic acids is 1. The maximum atomic E-state index is 15.0. The predicted molar refractivity (Wildman–Crippen MR) is 376 cm³/mol. The lowest BCUT2D eigenvalue weighted by atomic mass is 10.0. The molecular weight excluding hydrogens is 1390 g/mol. The Hall–Kier alpha value is -8.79. The number of carbonyl (C=O) groups excluding carboxylic acids is 11. The average Bonchev–Trinajstić information content (AvgIpc) is 1.74. The molecule has 6 heterocycles. The number of rotatable bonds is 25. The van der Waals surface area contributed by atoms with Crippen molar-refractivity contribution in [2.75, 3.05) is 57.3 Å². The van der Waals surface area contributed by atoms with E-state index in [1.54, 1.807) is 6.20 Å². The molecule has 0 spiro atoms. The monoisotopic (exact) mass is 1490 g/mol. The lowest BCUT2D eigenvalue weighted by Gasteiger charge is -2.33. The number of unbranched alkanes of at least 4 members (excludes halogenated alkanes) is 3. The van der Waals surface area contributed by atoms with Gasteiger partial charge in [0.2, 0.25) is 65.0 Å². The number of hydrogen-bond acceptors (Lipinski definition) is 20. The summed E-state index contributed by atoms with van der Waals surface area (Å²) in [5.74, 6) is -11.3. The summed E-state index contributed by atoms with van der Waals surface area (Å²) >= 11 is 0. The van der Waals surface area contributed by atoms with E-state index in [-0.39, 0.29) is 121 Å². The van der Waals surface area contributed by atoms with Gasteiger partial charge >= 0.3 is 12.1 Å². The number of para-hydroxylation sites is 1. The molecule has 0 radical (unpaired) electrons. The van der Waals surface area contributed by atoms with Crippen molar-refractivity contribution >= 4 is 109 Å². The Morgan fingerprint density at radius 3 is 1.57 bits per heavy atom. The maximum Gasteiger partial charge on any atom is 0.490 e. The topological polar surface area (TPSA) is 558 Å². The Morgan fingerprint density at radius 1 is 0.631 bits per heavy atom. The van der Waals surface area contributed by atoms with E-state index in [4.69, 9.17) is 50.0 Å². The smallest absolute Gasteiger partial charge is 0.475 e. The molecule has 4 aliphatic heterocycles. The third-order valence-corrected chi connectivity index (χ3v) is 20.4. The van der Waals surface area contributed by atoms with Crippen LogP contribution in [0.1, 0.15) is 120 Å². The van der Waals surface area contributed by atoms with Crippen molar-refractivity contribution in [2.45, 2.75) is 195 Å². The normalized spacial score (nSPS) is 23.7. The van der Waals surface area contributed by atoms with E-state index < -0.39 is 144 Å². The fourth-order valence-electron chi connectivity index (χ4n) is 12.5. The minimum absolute atomic E-state index is 0.0265. The molecule has 570 valence electrons. The molecule has 2 aromatic heterocycles. The number of carboxylic acid groups (broad SMARTS) is 1. The highest BCUT2D eigenvalue weighted by molar-refractivity contribution is 8.76. The van der Waals surface area contributed by atoms with Gasteiger partial charge in [-0.05, 0) is 147 Å². The highest BCUT2D eigenvalue weighted by Crippen LogP contribution is 2.28. The van der Waals surface area contributed by atoms with Crippen LogP contribution in [0, 0.1) is 0 Å². The van der Waals surface area contributed by atoms with Gasteiger partial charge in [-0.1, -0.05) is 39.8 Å². The van der Waals surface area contributed by atoms with Crippen LogP contribution in [0.5, 0.6) is 0 Å². The predicted octanol–water partition coefficient (Wildman–Crippen LogP) is -2.68. The Morgan fingerprint density at radius 2 is 1.11 bits per heavy atom. The Bertz CT molecular complexity index is 3400. The summed E-state index contributed by atoms with van der Waals surface area (Å²) in [5.41, 5.74) is 43.4. The van der Waals surface area contributed by atoms with Crippen molar-refractivity contribution in [3.05, 3.63) is 54.2 Å². The molecule has 7 rings (SSSR count). The van der Waals surface area contributed by atoms with Crippen molar-refractivity contribution in [3.8, 4) is 0 Å². The summed E-state index contributed by atoms with van der Waals surface area (Å²) in [5, 5.41) is 27.6. The van der Waals surface area contributed by atoms with Gasteiger partial charge in [0.15, 0.2) is 5.96 Å². The van der Waals surface area contributed by atoms with E-state index in [9.17, 15) is 61.1 Å². The molecule has 103 heavy (non-hydrogen) atoms. The number of primary amides is 1. The number of guanidine groups is 1. The number of aromatic nitrogens is 3. The van der Waals surface area contributed by atoms with Crippen molar-refractivity contribution in [3.63, 3.8) is 0 Å². The summed E-state index contributed by atoms with van der Waals surface area (Å²) < 4.78 is 31.7. The molecule has 4 saturated heterocycles. The Kier molecular flexibility index (Phi) is 33.5. The van der Waals surface area contributed by atoms with E-state index in [0.29, 0.717) is 70.0 Å². The second kappa shape index (κ2) is 41.5. The highest BCUT2D eigenvalue weighted by Gasteiger charge is 2.45. The number of aliphatic imine (C=N–C) groups is 1. The highest BCUT2D eigenvalue weighted by atomic mass is 33.1. The van der Waals surface area contributed by atoms with Gasteiger partial charge in [0.05, 0.1) is 12.4 Å². The molecule has 1 aromatic carbocycles. The van der Waals surface area contributed by atoms with Crippen molar-refractivity contribution in [1.29, 1.82) is 0 Å². The molecule has 24 N–H and O–H groups in total. The number of halogens is 3. The van der Waals surface area contributed by atoms with E-state index in [2.05, 4.69) is 57.2 Å². The standard InChI is InChI=1S/C62H97N21O11S2.C2HF3O2/c63-22-6-3-15-42-59(92)82-27-11-20-49(82)57(90)77-44(17-5-8-24-65)61(94)83-28-12-21-50(83)58(91)76-43(16-4-7-23-64)60(93)81-26-10-19-48(81)56(89)74-41(18-9-25-71-62(68)69)53(86)80-47(55(88)78-45(51(67)84)30-37-32-70-35-73-37)34-96-95-33-46(54(87)75-42)79-52(85)39(66)29-36-31-72-40-14-2-1-13-38(36)40;3-2(4,5)1(6)7/h1-2,13-14,31-32,35,39,41-50,72H,3-12,15-30,33-34,63-66H2,(H2,67,84)(H,70,73)(H,74,89)(H,75,87)(H,76,91)(H,77,90)(H,78,88)(H,79,85)(H,80,86)(H4,68,69,71);(H,6,7)/t39-,41-,42-,43-,44-,45-,46-,47-,48-,49-,50-;/m0./s1. The average molecular weight is 1490 g/mol. The first-order valence-electron chi connectivity index (χ1n) is 34.5. The van der Waals surface area contributed by atoms with Crippen LogP contribution >= 0.6 is 21.6 Å². The van der Waals surface area contributed by atoms with Crippen molar-refractivity contribution in [2.24, 2.45) is 45.1 Å². The van der Waals surface area contributed by atoms with Crippen LogP contribution in [0.4, 0.5) is 13.2 Å². The third-order valence-electron chi connectivity index (χ3n) is 17.9. The van der Waals surface area contributed by atoms with Crippen molar-refractivity contribution in [1.82, 2.24) is 66.9 Å². The number of aliphatic carboxylic acids is 1. The van der Waals surface area contributed by atoms with Crippen LogP contribution < -0.4 is 77.4 Å². The fraction of sp³-hybridized carbons (Fsp3) is 0.625. The number of fused-ring (bicyclic) bond motifs is 4. The van der Waals surface area contributed by atoms with E-state index in [0.717, 1.165) is 38.1 Å². The number of carbonyl (C=O) groups is 12. The number of nitrogens with one attached hydrogen (secondary N) is 9. The number of hydrogen-bond donors (Lipinski definition) is 17. The summed E-state index contributed by atoms with van der Waals surface area (Å²) in [6.07, 6.45) is 4.29. The van der Waals surface area contributed by atoms with E-state index in [1.165, 1.54) is 27.2 Å². The van der Waals surface area contributed by atoms with Crippen LogP contribution in [0.15, 0.2) is 48.0 Å². The van der Waals surface area contributed by atoms with Gasteiger partial charge in [-0.15, -0.1) is 0 Å². The number of amides is 11. The van der Waals surface area contributed by atoms with Gasteiger partial charge in [-0.3, -0.25) is 57.7 Å². The first-order chi connectivity index (χ1) is 49.2. The molecule has 39 heteroatoms. The first-order valence-corrected chi connectivity index (χ1v) is 37.0. The molecule has 0 unspecified atom stereocenters. The van der Waals surface area contributed by atoms with E-state index >= 15 is 4.79 Å². The zero-order chi connectivity index (χ0) is 75.3. The molecule has 34 nitrogen and oxygen atoms in total. The van der Waals surface area contributed by atoms with Crippen molar-refractivity contribution < 1.29 is 75.8 Å². The molecule has 0 saturated carbocycles. The number of H-pyrrole nitrogens is 2. The zero-order valence-corrected chi connectivity index (χ0v) is 58.9. The third kappa shape index (κ3) is 25.3. The van der Waals surface area contributed by atoms with Gasteiger partial charge in [0, 0.05) is 73.1 Å². The van der Waals surface area contributed by atoms with Crippen LogP contribution in [-0.4, -0.2) is 242 Å². The quantitative estimate of drug-likeness (QED) is 0.0178. The SMILES string of the molecule is NCCCC[C@@H]1NC(=O)[C@@H](NC(=O)[C@@H](N)Cc2c[nH]c3ccccc23)CSSC[C@@H](C(=O)N[C@@H](Cc2cnc[nH]2)C(N)=O)NC(=O)[C@H](CCCN=C(N)N)NC(=O)[C@@H]2CCCN2C(=O)[C@H](CCCCN)NC(=O)[C@@H]2CCCN2C(=O)[C@H](CCCCN)NC(=O)[C@@H]2CCCN2C1=O.O=C(O)C(F)(F)F. The van der Waals surface area contributed by atoms with Gasteiger partial charge in [-0.25, -0.2) is 9.78 Å². The second-order valence-electron chi connectivity index (χ2n) is 25.5. The van der Waals surface area contributed by atoms with E-state index in [1.807, 2.05) is 24.3 Å². The summed E-state index contributed by atoms with van der Waals surface area (Å²) in [4.78, 5) is 188. The number of benzene rings is 1. The number of alkyl halides is 3. The summed E-state index contributed by atoms with van der Waals surface area (Å²) in [6, 6.07) is -6.22. The van der Waals surface area contributed by atoms with Crippen LogP contribution in [0.2, 0.25) is 0 Å². The number of nitrogens with two attached hydrogens (primary N) is 7.